The average molecular weight is 236 g/mol. The number of hydrogen-bond acceptors (Lipinski definition) is 1. The Morgan fingerprint density at radius 3 is 2.69 bits per heavy atom. The quantitative estimate of drug-likeness (QED) is 0.534. The van der Waals surface area contributed by atoms with E-state index in [-0.39, 0.29) is 0 Å². The Balaban J connectivity index is 1.81. The van der Waals surface area contributed by atoms with Gasteiger partial charge in [0.25, 0.3) is 0 Å². The highest BCUT2D eigenvalue weighted by molar-refractivity contribution is 6.73. The molecule has 1 nitrogen and oxygen atoms in total. The molecule has 0 aromatic rings. The topological polar surface area (TPSA) is 9.23 Å². The molecule has 3 aliphatic carbocycles. The molecule has 0 amide bonds. The molecule has 0 aromatic heterocycles. The van der Waals surface area contributed by atoms with Crippen LogP contribution < -0.4 is 0 Å². The minimum atomic E-state index is -1.48. The third kappa shape index (κ3) is 1.46. The van der Waals surface area contributed by atoms with Crippen LogP contribution in [0.15, 0.2) is 12.2 Å². The average Bonchev–Trinajstić information content (AvgIpc) is 2.90. The highest BCUT2D eigenvalue weighted by atomic mass is 28.4. The highest BCUT2D eigenvalue weighted by Gasteiger charge is 2.55. The van der Waals surface area contributed by atoms with Crippen molar-refractivity contribution in [1.82, 2.24) is 0 Å². The van der Waals surface area contributed by atoms with Crippen LogP contribution in [-0.4, -0.2) is 14.9 Å². The van der Waals surface area contributed by atoms with E-state index in [2.05, 4.69) is 32.2 Å². The number of fused-ring (bicyclic) bond motifs is 5. The van der Waals surface area contributed by atoms with Crippen molar-refractivity contribution in [2.45, 2.75) is 44.8 Å². The predicted octanol–water partition coefficient (Wildman–Crippen LogP) is 3.83. The largest absolute Gasteiger partial charge is 0.417 e. The summed E-state index contributed by atoms with van der Waals surface area (Å²) in [6.07, 6.45) is 9.60. The van der Waals surface area contributed by atoms with Crippen molar-refractivity contribution in [3.63, 3.8) is 0 Å². The van der Waals surface area contributed by atoms with Crippen LogP contribution in [0.4, 0.5) is 0 Å². The Hall–Kier alpha value is -0.0831. The van der Waals surface area contributed by atoms with Crippen molar-refractivity contribution < 1.29 is 4.43 Å². The Morgan fingerprint density at radius 2 is 1.94 bits per heavy atom. The molecule has 2 saturated carbocycles. The van der Waals surface area contributed by atoms with Crippen molar-refractivity contribution in [3.8, 4) is 0 Å². The molecule has 0 aliphatic heterocycles. The van der Waals surface area contributed by atoms with E-state index in [1.807, 2.05) is 0 Å². The number of hydrogen-bond donors (Lipinski definition) is 0. The molecule has 16 heavy (non-hydrogen) atoms. The fraction of sp³-hybridized carbons (Fsp3) is 0.857. The van der Waals surface area contributed by atoms with Crippen LogP contribution in [0.2, 0.25) is 18.6 Å². The predicted molar refractivity (Wildman–Crippen MR) is 69.8 cm³/mol. The monoisotopic (exact) mass is 236 g/mol. The summed E-state index contributed by atoms with van der Waals surface area (Å²) >= 11 is 0. The van der Waals surface area contributed by atoms with Gasteiger partial charge in [0.05, 0.1) is 0 Å². The van der Waals surface area contributed by atoms with Crippen molar-refractivity contribution in [2.24, 2.45) is 23.7 Å². The first-order valence-electron chi connectivity index (χ1n) is 6.95. The lowest BCUT2D eigenvalue weighted by Crippen LogP contribution is -2.40. The summed E-state index contributed by atoms with van der Waals surface area (Å²) < 4.78 is 6.12. The molecular formula is C14H24OSi. The first kappa shape index (κ1) is 11.0. The van der Waals surface area contributed by atoms with Gasteiger partial charge in [-0.1, -0.05) is 12.2 Å². The maximum Gasteiger partial charge on any atom is 0.193 e. The van der Waals surface area contributed by atoms with Crippen LogP contribution in [0.1, 0.15) is 26.2 Å². The molecule has 0 spiro atoms. The normalized spacial score (nSPS) is 45.3. The van der Waals surface area contributed by atoms with Gasteiger partial charge < -0.3 is 4.43 Å². The van der Waals surface area contributed by atoms with Gasteiger partial charge in [0, 0.05) is 6.61 Å². The molecule has 0 heterocycles. The van der Waals surface area contributed by atoms with Crippen LogP contribution in [0.3, 0.4) is 0 Å². The molecule has 2 fully saturated rings. The minimum Gasteiger partial charge on any atom is -0.417 e. The van der Waals surface area contributed by atoms with Gasteiger partial charge in [-0.15, -0.1) is 0 Å². The zero-order valence-corrected chi connectivity index (χ0v) is 11.8. The van der Waals surface area contributed by atoms with E-state index in [0.29, 0.717) is 0 Å². The lowest BCUT2D eigenvalue weighted by atomic mass is 9.81. The van der Waals surface area contributed by atoms with Crippen molar-refractivity contribution in [3.05, 3.63) is 12.2 Å². The van der Waals surface area contributed by atoms with E-state index >= 15 is 0 Å². The Bertz CT molecular complexity index is 310. The van der Waals surface area contributed by atoms with Gasteiger partial charge in [-0.25, -0.2) is 0 Å². The summed E-state index contributed by atoms with van der Waals surface area (Å²) in [6, 6.07) is 0. The number of allylic oxidation sites excluding steroid dienone is 2. The van der Waals surface area contributed by atoms with Crippen molar-refractivity contribution in [2.75, 3.05) is 6.61 Å². The second-order valence-electron chi connectivity index (χ2n) is 6.44. The number of rotatable bonds is 3. The first-order chi connectivity index (χ1) is 7.63. The van der Waals surface area contributed by atoms with Gasteiger partial charge >= 0.3 is 0 Å². The maximum absolute atomic E-state index is 6.12. The molecular weight excluding hydrogens is 212 g/mol. The second-order valence-corrected chi connectivity index (χ2v) is 10.6. The molecule has 0 saturated heterocycles. The first-order valence-corrected chi connectivity index (χ1v) is 9.94. The summed E-state index contributed by atoms with van der Waals surface area (Å²) in [6.45, 7) is 7.88. The van der Waals surface area contributed by atoms with E-state index in [9.17, 15) is 0 Å². The van der Waals surface area contributed by atoms with Crippen LogP contribution in [0.5, 0.6) is 0 Å². The van der Waals surface area contributed by atoms with E-state index in [0.717, 1.165) is 35.8 Å². The maximum atomic E-state index is 6.12. The standard InChI is InChI=1S/C14H24OSi/c1-4-15-16(2,3)13-8-7-12-10-5-6-11(9-10)14(12)13/h7-8,10-14H,4-6,9H2,1-3H3. The van der Waals surface area contributed by atoms with Gasteiger partial charge in [-0.05, 0) is 68.5 Å². The molecule has 5 atom stereocenters. The second kappa shape index (κ2) is 3.71. The third-order valence-corrected chi connectivity index (χ3v) is 8.54. The molecule has 3 aliphatic rings. The third-order valence-electron chi connectivity index (χ3n) is 5.32. The molecule has 90 valence electrons. The SMILES string of the molecule is CCO[Si](C)(C)C1C=CC2C3CCC(C3)C21. The smallest absolute Gasteiger partial charge is 0.193 e. The van der Waals surface area contributed by atoms with Crippen molar-refractivity contribution in [1.29, 1.82) is 0 Å². The Kier molecular flexibility index (Phi) is 2.56. The Labute approximate surface area is 100 Å². The fourth-order valence-electron chi connectivity index (χ4n) is 4.74. The summed E-state index contributed by atoms with van der Waals surface area (Å²) in [7, 11) is -1.48. The van der Waals surface area contributed by atoms with Gasteiger partial charge in [-0.2, -0.15) is 0 Å². The molecule has 2 heteroatoms. The lowest BCUT2D eigenvalue weighted by molar-refractivity contribution is 0.255. The van der Waals surface area contributed by atoms with E-state index < -0.39 is 8.32 Å². The molecule has 2 bridgehead atoms. The fourth-order valence-corrected chi connectivity index (χ4v) is 7.67. The molecule has 0 N–H and O–H groups in total. The van der Waals surface area contributed by atoms with E-state index in [4.69, 9.17) is 4.43 Å². The van der Waals surface area contributed by atoms with Gasteiger partial charge in [-0.3, -0.25) is 0 Å². The van der Waals surface area contributed by atoms with Gasteiger partial charge in [0.1, 0.15) is 0 Å². The van der Waals surface area contributed by atoms with Gasteiger partial charge in [0.2, 0.25) is 0 Å². The zero-order valence-electron chi connectivity index (χ0n) is 10.8. The molecule has 5 unspecified atom stereocenters. The summed E-state index contributed by atoms with van der Waals surface area (Å²) in [4.78, 5) is 0. The minimum absolute atomic E-state index is 0.799. The van der Waals surface area contributed by atoms with Crippen LogP contribution in [0, 0.1) is 23.7 Å². The summed E-state index contributed by atoms with van der Waals surface area (Å²) in [5, 5.41) is 0. The summed E-state index contributed by atoms with van der Waals surface area (Å²) in [5.41, 5.74) is 0.799. The van der Waals surface area contributed by atoms with E-state index in [1.165, 1.54) is 19.3 Å². The van der Waals surface area contributed by atoms with Crippen LogP contribution >= 0.6 is 0 Å². The molecule has 0 radical (unpaired) electrons. The zero-order chi connectivity index (χ0) is 11.3. The Morgan fingerprint density at radius 1 is 1.19 bits per heavy atom. The lowest BCUT2D eigenvalue weighted by Gasteiger charge is -2.37. The van der Waals surface area contributed by atoms with Gasteiger partial charge in [0.15, 0.2) is 8.32 Å². The van der Waals surface area contributed by atoms with Crippen LogP contribution in [0.25, 0.3) is 0 Å². The van der Waals surface area contributed by atoms with Crippen molar-refractivity contribution >= 4 is 8.32 Å². The summed E-state index contributed by atoms with van der Waals surface area (Å²) in [5.74, 6) is 3.95. The van der Waals surface area contributed by atoms with Crippen LogP contribution in [-0.2, 0) is 4.43 Å². The molecule has 3 rings (SSSR count). The van der Waals surface area contributed by atoms with E-state index in [1.54, 1.807) is 0 Å². The molecule has 0 aromatic carbocycles. The highest BCUT2D eigenvalue weighted by Crippen LogP contribution is 2.61.